The van der Waals surface area contributed by atoms with Gasteiger partial charge < -0.3 is 4.74 Å². The smallest absolute Gasteiger partial charge is 0.158 e. The second kappa shape index (κ2) is 13.7. The fraction of sp³-hybridized carbons (Fsp3) is 0.359. The van der Waals surface area contributed by atoms with Crippen molar-refractivity contribution in [2.24, 2.45) is 14.1 Å². The molecule has 0 saturated carbocycles. The molecule has 8 rings (SSSR count). The van der Waals surface area contributed by atoms with Crippen molar-refractivity contribution in [3.63, 3.8) is 0 Å². The molecule has 0 radical (unpaired) electrons. The molecule has 7 heteroatoms. The van der Waals surface area contributed by atoms with Crippen LogP contribution in [0.1, 0.15) is 82.1 Å². The number of para-hydroxylation sites is 1. The lowest BCUT2D eigenvalue weighted by Gasteiger charge is -2.25. The molecule has 5 heterocycles. The van der Waals surface area contributed by atoms with Crippen LogP contribution in [0.2, 0.25) is 0 Å². The molecule has 3 atom stereocenters. The first kappa shape index (κ1) is 33.3. The van der Waals surface area contributed by atoms with Gasteiger partial charge in [0.05, 0.1) is 22.3 Å². The lowest BCUT2D eigenvalue weighted by atomic mass is 9.89. The van der Waals surface area contributed by atoms with Gasteiger partial charge in [-0.2, -0.15) is 10.2 Å². The number of aromatic nitrogens is 5. The van der Waals surface area contributed by atoms with Crippen LogP contribution in [-0.2, 0) is 14.1 Å². The summed E-state index contributed by atoms with van der Waals surface area (Å²) in [4.78, 5) is 6.03. The van der Waals surface area contributed by atoms with Gasteiger partial charge >= 0.3 is 0 Å². The molecule has 3 aromatic heterocycles. The van der Waals surface area contributed by atoms with Crippen LogP contribution in [0.4, 0.5) is 0 Å². The van der Waals surface area contributed by atoms with Crippen LogP contribution in [0.25, 0.3) is 44.2 Å². The summed E-state index contributed by atoms with van der Waals surface area (Å²) in [7, 11) is 3.96. The molecule has 2 aliphatic heterocycles. The quantitative estimate of drug-likeness (QED) is 0.167. The van der Waals surface area contributed by atoms with Gasteiger partial charge in [-0.3, -0.25) is 9.36 Å². The van der Waals surface area contributed by atoms with E-state index >= 15 is 0 Å². The number of fused-ring (bicyclic) bond motifs is 10. The van der Waals surface area contributed by atoms with Crippen molar-refractivity contribution in [1.82, 2.24) is 24.5 Å². The van der Waals surface area contributed by atoms with Gasteiger partial charge in [-0.25, -0.2) is 4.98 Å². The van der Waals surface area contributed by atoms with Gasteiger partial charge in [-0.1, -0.05) is 77.1 Å². The number of hydrogen-bond donors (Lipinski definition) is 0. The van der Waals surface area contributed by atoms with Gasteiger partial charge in [0, 0.05) is 58.4 Å². The minimum Gasteiger partial charge on any atom is -0.489 e. The third kappa shape index (κ3) is 5.59. The molecule has 46 heavy (non-hydrogen) atoms. The molecule has 0 N–H and O–H groups in total. The number of benzene rings is 3. The third-order valence-electron chi connectivity index (χ3n) is 8.85. The number of pyridine rings is 1. The highest BCUT2D eigenvalue weighted by atomic mass is 32.2. The number of nitrogens with zero attached hydrogens (tertiary/aromatic N) is 5. The van der Waals surface area contributed by atoms with E-state index in [1.54, 1.807) is 0 Å². The Labute approximate surface area is 278 Å². The summed E-state index contributed by atoms with van der Waals surface area (Å²) in [6, 6.07) is 21.5. The average molecular weight is 634 g/mol. The number of thioether (sulfide) groups is 1. The Morgan fingerprint density at radius 3 is 2.07 bits per heavy atom. The van der Waals surface area contributed by atoms with E-state index in [1.165, 1.54) is 43.6 Å². The van der Waals surface area contributed by atoms with Crippen LogP contribution in [0.3, 0.4) is 0 Å². The van der Waals surface area contributed by atoms with Crippen molar-refractivity contribution in [2.45, 2.75) is 84.5 Å². The number of hydrogen-bond acceptors (Lipinski definition) is 5. The second-order valence-corrected chi connectivity index (χ2v) is 12.9. The number of aryl methyl sites for hydroxylation is 4. The van der Waals surface area contributed by atoms with Crippen LogP contribution in [-0.4, -0.2) is 30.6 Å². The molecule has 2 aliphatic rings. The van der Waals surface area contributed by atoms with Gasteiger partial charge in [-0.15, -0.1) is 11.8 Å². The largest absolute Gasteiger partial charge is 0.489 e. The minimum atomic E-state index is 0.110. The van der Waals surface area contributed by atoms with Gasteiger partial charge in [0.25, 0.3) is 0 Å². The zero-order valence-corrected chi connectivity index (χ0v) is 30.0. The van der Waals surface area contributed by atoms with Crippen LogP contribution < -0.4 is 4.74 Å². The third-order valence-corrected chi connectivity index (χ3v) is 10.0. The highest BCUT2D eigenvalue weighted by Gasteiger charge is 2.29. The van der Waals surface area contributed by atoms with Gasteiger partial charge in [-0.05, 0) is 62.6 Å². The molecule has 6 aromatic rings. The molecular formula is C39H47N5OS. The lowest BCUT2D eigenvalue weighted by molar-refractivity contribution is 0.199. The summed E-state index contributed by atoms with van der Waals surface area (Å²) in [6.45, 7) is 18.8. The fourth-order valence-electron chi connectivity index (χ4n) is 6.63. The first-order valence-electron chi connectivity index (χ1n) is 16.5. The molecule has 6 nitrogen and oxygen atoms in total. The zero-order valence-electron chi connectivity index (χ0n) is 29.1. The fourth-order valence-corrected chi connectivity index (χ4v) is 7.82. The van der Waals surface area contributed by atoms with E-state index < -0.39 is 0 Å². The van der Waals surface area contributed by atoms with Crippen molar-refractivity contribution >= 4 is 33.7 Å². The molecule has 3 aromatic carbocycles. The van der Waals surface area contributed by atoms with Gasteiger partial charge in [0.1, 0.15) is 11.9 Å². The van der Waals surface area contributed by atoms with Crippen molar-refractivity contribution in [1.29, 1.82) is 0 Å². The maximum Gasteiger partial charge on any atom is 0.158 e. The predicted molar refractivity (Wildman–Crippen MR) is 195 cm³/mol. The van der Waals surface area contributed by atoms with Crippen LogP contribution in [0, 0.1) is 13.8 Å². The van der Waals surface area contributed by atoms with E-state index in [-0.39, 0.29) is 12.0 Å². The van der Waals surface area contributed by atoms with E-state index in [2.05, 4.69) is 91.4 Å². The molecule has 3 unspecified atom stereocenters. The monoisotopic (exact) mass is 633 g/mol. The molecule has 0 saturated heterocycles. The van der Waals surface area contributed by atoms with E-state index in [9.17, 15) is 0 Å². The normalized spacial score (nSPS) is 17.3. The number of rotatable bonds is 0. The topological polar surface area (TPSA) is 57.8 Å². The van der Waals surface area contributed by atoms with E-state index in [1.807, 2.05) is 88.2 Å². The summed E-state index contributed by atoms with van der Waals surface area (Å²) in [5.74, 6) is 1.22. The summed E-state index contributed by atoms with van der Waals surface area (Å²) < 4.78 is 10.0. The van der Waals surface area contributed by atoms with Crippen molar-refractivity contribution < 1.29 is 4.74 Å². The van der Waals surface area contributed by atoms with Crippen molar-refractivity contribution in [3.8, 4) is 28.0 Å². The molecule has 0 aliphatic carbocycles. The lowest BCUT2D eigenvalue weighted by Crippen LogP contribution is -2.18. The first-order chi connectivity index (χ1) is 22.2. The van der Waals surface area contributed by atoms with E-state index in [4.69, 9.17) is 4.74 Å². The standard InChI is InChI=1S/C18H19N3O.C17H16N2S.2C2H6/c1-10-12(3)22-15-8-6-5-7-13(15)17-14(10)9-19-18-16(17)11(2)20-21(18)4;1-10-16-14(19(3)18-10)8-9-15-17(16)13-7-5-4-6-12(13)11(2)20-15;2*1-2/h5-10,12H,1-4H3;4-9,11H,1-3H3;2*1-2H3. The molecule has 0 bridgehead atoms. The Morgan fingerprint density at radius 2 is 1.33 bits per heavy atom. The van der Waals surface area contributed by atoms with Crippen molar-refractivity contribution in [2.75, 3.05) is 0 Å². The first-order valence-corrected chi connectivity index (χ1v) is 17.4. The Hall–Kier alpha value is -4.10. The predicted octanol–water partition coefficient (Wildman–Crippen LogP) is 10.6. The van der Waals surface area contributed by atoms with Gasteiger partial charge in [0.15, 0.2) is 5.65 Å². The van der Waals surface area contributed by atoms with E-state index in [0.29, 0.717) is 5.25 Å². The van der Waals surface area contributed by atoms with E-state index in [0.717, 1.165) is 33.7 Å². The highest BCUT2D eigenvalue weighted by molar-refractivity contribution is 7.99. The maximum absolute atomic E-state index is 6.19. The summed E-state index contributed by atoms with van der Waals surface area (Å²) >= 11 is 1.95. The molecular weight excluding hydrogens is 587 g/mol. The van der Waals surface area contributed by atoms with Crippen LogP contribution in [0.15, 0.2) is 71.8 Å². The summed E-state index contributed by atoms with van der Waals surface area (Å²) in [5, 5.41) is 12.1. The highest BCUT2D eigenvalue weighted by Crippen LogP contribution is 2.51. The Balaban J connectivity index is 0.000000164. The summed E-state index contributed by atoms with van der Waals surface area (Å²) in [5.41, 5.74) is 12.0. The SMILES string of the molecule is CC.CC.Cc1nn(C)c2ccc3c(c12)-c1ccccc1C(C)S3.Cc1nn(C)c2ncc3c(c12)-c1ccccc1OC(C)C3C. The van der Waals surface area contributed by atoms with Crippen LogP contribution >= 0.6 is 11.8 Å². The zero-order chi connectivity index (χ0) is 33.3. The average Bonchev–Trinajstić information content (AvgIpc) is 3.51. The Bertz CT molecular complexity index is 2010. The second-order valence-electron chi connectivity index (χ2n) is 11.5. The Morgan fingerprint density at radius 1 is 0.696 bits per heavy atom. The molecule has 0 fully saturated rings. The minimum absolute atomic E-state index is 0.110. The molecule has 0 spiro atoms. The van der Waals surface area contributed by atoms with Crippen LogP contribution in [0.5, 0.6) is 5.75 Å². The molecule has 240 valence electrons. The Kier molecular flexibility index (Phi) is 9.92. The maximum atomic E-state index is 6.19. The van der Waals surface area contributed by atoms with Gasteiger partial charge in [0.2, 0.25) is 0 Å². The molecule has 0 amide bonds. The summed E-state index contributed by atoms with van der Waals surface area (Å²) in [6.07, 6.45) is 2.10. The van der Waals surface area contributed by atoms with Crippen molar-refractivity contribution in [3.05, 3.63) is 89.4 Å². The number of ether oxygens (including phenoxy) is 1.